The summed E-state index contributed by atoms with van der Waals surface area (Å²) in [7, 11) is -3.91. The number of halogens is 1. The Morgan fingerprint density at radius 3 is 2.32 bits per heavy atom. The van der Waals surface area contributed by atoms with Crippen molar-refractivity contribution in [2.24, 2.45) is 5.73 Å². The van der Waals surface area contributed by atoms with Gasteiger partial charge >= 0.3 is 0 Å². The predicted molar refractivity (Wildman–Crippen MR) is 74.2 cm³/mol. The summed E-state index contributed by atoms with van der Waals surface area (Å²) < 4.78 is 26.5. The number of nitrogens with one attached hydrogen (secondary N) is 1. The van der Waals surface area contributed by atoms with Crippen LogP contribution in [-0.2, 0) is 14.8 Å². The number of nitrogen functional groups attached to an aromatic ring is 1. The van der Waals surface area contributed by atoms with Crippen LogP contribution in [-0.4, -0.2) is 19.9 Å². The molecular formula is C11H16ClN3O3S. The van der Waals surface area contributed by atoms with E-state index < -0.39 is 21.5 Å². The van der Waals surface area contributed by atoms with Gasteiger partial charge in [-0.3, -0.25) is 4.79 Å². The minimum absolute atomic E-state index is 0.0683. The van der Waals surface area contributed by atoms with E-state index in [9.17, 15) is 13.2 Å². The Kier molecular flexibility index (Phi) is 4.14. The van der Waals surface area contributed by atoms with Crippen LogP contribution in [0, 0.1) is 6.92 Å². The van der Waals surface area contributed by atoms with E-state index in [2.05, 4.69) is 4.72 Å². The van der Waals surface area contributed by atoms with E-state index in [0.717, 1.165) is 0 Å². The van der Waals surface area contributed by atoms with Gasteiger partial charge in [0.1, 0.15) is 5.54 Å². The molecule has 0 saturated carbocycles. The molecule has 1 aromatic rings. The third-order valence-corrected chi connectivity index (χ3v) is 4.72. The zero-order valence-electron chi connectivity index (χ0n) is 10.8. The first-order chi connectivity index (χ1) is 8.47. The number of primary amides is 1. The second-order valence-electron chi connectivity index (χ2n) is 4.74. The van der Waals surface area contributed by atoms with Crippen LogP contribution in [0.1, 0.15) is 19.4 Å². The fourth-order valence-electron chi connectivity index (χ4n) is 1.36. The Morgan fingerprint density at radius 2 is 1.89 bits per heavy atom. The Morgan fingerprint density at radius 1 is 1.37 bits per heavy atom. The summed E-state index contributed by atoms with van der Waals surface area (Å²) in [4.78, 5) is 11.1. The van der Waals surface area contributed by atoms with E-state index in [1.165, 1.54) is 26.0 Å². The van der Waals surface area contributed by atoms with Crippen molar-refractivity contribution in [3.05, 3.63) is 22.7 Å². The van der Waals surface area contributed by atoms with Crippen LogP contribution in [0.2, 0.25) is 5.02 Å². The summed E-state index contributed by atoms with van der Waals surface area (Å²) in [5, 5.41) is 0.299. The molecular weight excluding hydrogens is 290 g/mol. The number of carbonyl (C=O) groups is 1. The third kappa shape index (κ3) is 3.37. The van der Waals surface area contributed by atoms with Gasteiger partial charge in [0.15, 0.2) is 0 Å². The van der Waals surface area contributed by atoms with Gasteiger partial charge in [0.05, 0.1) is 15.6 Å². The number of rotatable bonds is 4. The van der Waals surface area contributed by atoms with Crippen molar-refractivity contribution in [1.29, 1.82) is 0 Å². The zero-order valence-corrected chi connectivity index (χ0v) is 12.4. The van der Waals surface area contributed by atoms with Gasteiger partial charge in [0.25, 0.3) is 0 Å². The Hall–Kier alpha value is -1.31. The van der Waals surface area contributed by atoms with E-state index >= 15 is 0 Å². The lowest BCUT2D eigenvalue weighted by Crippen LogP contribution is -2.52. The average molecular weight is 306 g/mol. The van der Waals surface area contributed by atoms with Gasteiger partial charge in [-0.05, 0) is 38.5 Å². The quantitative estimate of drug-likeness (QED) is 0.713. The maximum Gasteiger partial charge on any atom is 0.241 e. The largest absolute Gasteiger partial charge is 0.397 e. The molecule has 0 unspecified atom stereocenters. The van der Waals surface area contributed by atoms with Gasteiger partial charge in [0, 0.05) is 0 Å². The van der Waals surface area contributed by atoms with E-state index in [1.54, 1.807) is 6.92 Å². The molecule has 8 heteroatoms. The van der Waals surface area contributed by atoms with Gasteiger partial charge in [-0.1, -0.05) is 11.6 Å². The van der Waals surface area contributed by atoms with Gasteiger partial charge < -0.3 is 11.5 Å². The molecule has 1 aromatic carbocycles. The number of anilines is 1. The monoisotopic (exact) mass is 305 g/mol. The van der Waals surface area contributed by atoms with Crippen molar-refractivity contribution in [3.63, 3.8) is 0 Å². The number of hydrogen-bond donors (Lipinski definition) is 3. The fourth-order valence-corrected chi connectivity index (χ4v) is 2.98. The topological polar surface area (TPSA) is 115 Å². The molecule has 1 amide bonds. The summed E-state index contributed by atoms with van der Waals surface area (Å²) in [6.07, 6.45) is 0. The average Bonchev–Trinajstić information content (AvgIpc) is 2.23. The Labute approximate surface area is 117 Å². The van der Waals surface area contributed by atoms with Gasteiger partial charge in [-0.25, -0.2) is 8.42 Å². The van der Waals surface area contributed by atoms with Crippen molar-refractivity contribution in [1.82, 2.24) is 4.72 Å². The van der Waals surface area contributed by atoms with Crippen LogP contribution >= 0.6 is 11.6 Å². The summed E-state index contributed by atoms with van der Waals surface area (Å²) in [5.41, 5.74) is 10.0. The molecule has 6 nitrogen and oxygen atoms in total. The minimum atomic E-state index is -3.91. The van der Waals surface area contributed by atoms with Crippen LogP contribution in [0.5, 0.6) is 0 Å². The highest BCUT2D eigenvalue weighted by Crippen LogP contribution is 2.27. The molecule has 0 heterocycles. The highest BCUT2D eigenvalue weighted by atomic mass is 35.5. The molecule has 0 saturated heterocycles. The molecule has 0 aliphatic rings. The van der Waals surface area contributed by atoms with E-state index in [0.29, 0.717) is 10.6 Å². The minimum Gasteiger partial charge on any atom is -0.397 e. The molecule has 1 rings (SSSR count). The second-order valence-corrected chi connectivity index (χ2v) is 6.80. The number of hydrogen-bond acceptors (Lipinski definition) is 4. The van der Waals surface area contributed by atoms with Gasteiger partial charge in [-0.15, -0.1) is 0 Å². The van der Waals surface area contributed by atoms with E-state index in [-0.39, 0.29) is 10.6 Å². The smallest absolute Gasteiger partial charge is 0.241 e. The predicted octanol–water partition coefficient (Wildman–Crippen LogP) is 0.773. The van der Waals surface area contributed by atoms with Gasteiger partial charge in [0.2, 0.25) is 15.9 Å². The highest BCUT2D eigenvalue weighted by molar-refractivity contribution is 7.89. The molecule has 19 heavy (non-hydrogen) atoms. The lowest BCUT2D eigenvalue weighted by molar-refractivity contribution is -0.122. The first-order valence-corrected chi connectivity index (χ1v) is 7.23. The first kappa shape index (κ1) is 15.7. The van der Waals surface area contributed by atoms with Crippen LogP contribution in [0.3, 0.4) is 0 Å². The molecule has 0 aromatic heterocycles. The zero-order chi connectivity index (χ0) is 15.0. The SMILES string of the molecule is Cc1cc(S(=O)(=O)NC(C)(C)C(N)=O)cc(N)c1Cl. The molecule has 0 spiro atoms. The highest BCUT2D eigenvalue weighted by Gasteiger charge is 2.31. The van der Waals surface area contributed by atoms with E-state index in [1.807, 2.05) is 0 Å². The third-order valence-electron chi connectivity index (χ3n) is 2.57. The van der Waals surface area contributed by atoms with Crippen molar-refractivity contribution in [3.8, 4) is 0 Å². The standard InChI is InChI=1S/C11H16ClN3O3S/c1-6-4-7(5-8(13)9(6)12)19(17,18)15-11(2,3)10(14)16/h4-5,15H,13H2,1-3H3,(H2,14,16). The van der Waals surface area contributed by atoms with Crippen molar-refractivity contribution >= 4 is 33.2 Å². The molecule has 0 bridgehead atoms. The number of amides is 1. The number of sulfonamides is 1. The number of aryl methyl sites for hydroxylation is 1. The number of benzene rings is 1. The Balaban J connectivity index is 3.26. The van der Waals surface area contributed by atoms with Crippen molar-refractivity contribution in [2.75, 3.05) is 5.73 Å². The Bertz CT molecular complexity index is 603. The summed E-state index contributed by atoms with van der Waals surface area (Å²) >= 11 is 5.87. The van der Waals surface area contributed by atoms with Crippen molar-refractivity contribution in [2.45, 2.75) is 31.2 Å². The normalized spacial score (nSPS) is 12.4. The van der Waals surface area contributed by atoms with Gasteiger partial charge in [-0.2, -0.15) is 4.72 Å². The molecule has 0 atom stereocenters. The lowest BCUT2D eigenvalue weighted by Gasteiger charge is -2.22. The van der Waals surface area contributed by atoms with Crippen LogP contribution in [0.25, 0.3) is 0 Å². The molecule has 0 fully saturated rings. The summed E-state index contributed by atoms with van der Waals surface area (Å²) in [5.74, 6) is -0.783. The van der Waals surface area contributed by atoms with Crippen molar-refractivity contribution < 1.29 is 13.2 Å². The number of nitrogens with two attached hydrogens (primary N) is 2. The lowest BCUT2D eigenvalue weighted by atomic mass is 10.1. The van der Waals surface area contributed by atoms with E-state index in [4.69, 9.17) is 23.1 Å². The van der Waals surface area contributed by atoms with Crippen LogP contribution in [0.4, 0.5) is 5.69 Å². The summed E-state index contributed by atoms with van der Waals surface area (Å²) in [6.45, 7) is 4.38. The number of carbonyl (C=O) groups excluding carboxylic acids is 1. The maximum absolute atomic E-state index is 12.2. The maximum atomic E-state index is 12.2. The molecule has 5 N–H and O–H groups in total. The van der Waals surface area contributed by atoms with Crippen LogP contribution < -0.4 is 16.2 Å². The first-order valence-electron chi connectivity index (χ1n) is 5.37. The summed E-state index contributed by atoms with van der Waals surface area (Å²) in [6, 6.07) is 2.60. The molecule has 0 aliphatic heterocycles. The second kappa shape index (κ2) is 4.99. The molecule has 0 radical (unpaired) electrons. The molecule has 106 valence electrons. The molecule has 0 aliphatic carbocycles. The fraction of sp³-hybridized carbons (Fsp3) is 0.364. The van der Waals surface area contributed by atoms with Crippen LogP contribution in [0.15, 0.2) is 17.0 Å².